The van der Waals surface area contributed by atoms with Crippen LogP contribution in [0.2, 0.25) is 0 Å². The van der Waals surface area contributed by atoms with Crippen molar-refractivity contribution in [1.82, 2.24) is 0 Å². The number of nitro groups is 1. The summed E-state index contributed by atoms with van der Waals surface area (Å²) in [5.41, 5.74) is 0.827. The second kappa shape index (κ2) is 5.49. The number of benzene rings is 2. The molecule has 0 aliphatic heterocycles. The van der Waals surface area contributed by atoms with E-state index >= 15 is 0 Å². The minimum Gasteiger partial charge on any atom is -0.457 e. The normalized spacial score (nSPS) is 11.9. The van der Waals surface area contributed by atoms with Crippen molar-refractivity contribution >= 4 is 5.69 Å². The molecule has 2 aromatic rings. The summed E-state index contributed by atoms with van der Waals surface area (Å²) in [4.78, 5) is 10.1. The predicted octanol–water partition coefficient (Wildman–Crippen LogP) is 3.44. The fourth-order valence-electron chi connectivity index (χ4n) is 1.59. The number of aliphatic hydroxyl groups is 1. The summed E-state index contributed by atoms with van der Waals surface area (Å²) in [6.45, 7) is 1.69. The molecular formula is C14H13NO4. The summed E-state index contributed by atoms with van der Waals surface area (Å²) in [6, 6.07) is 12.9. The van der Waals surface area contributed by atoms with Gasteiger partial charge >= 0.3 is 0 Å². The van der Waals surface area contributed by atoms with E-state index in [-0.39, 0.29) is 5.69 Å². The number of aliphatic hydroxyl groups excluding tert-OH is 1. The first-order chi connectivity index (χ1) is 9.06. The van der Waals surface area contributed by atoms with Crippen LogP contribution in [0.25, 0.3) is 0 Å². The highest BCUT2D eigenvalue weighted by atomic mass is 16.6. The topological polar surface area (TPSA) is 72.6 Å². The molecule has 0 amide bonds. The van der Waals surface area contributed by atoms with Gasteiger partial charge in [0, 0.05) is 12.1 Å². The van der Waals surface area contributed by atoms with E-state index in [9.17, 15) is 15.2 Å². The molecule has 19 heavy (non-hydrogen) atoms. The van der Waals surface area contributed by atoms with Crippen molar-refractivity contribution in [3.63, 3.8) is 0 Å². The van der Waals surface area contributed by atoms with Gasteiger partial charge in [-0.25, -0.2) is 0 Å². The molecule has 2 aromatic carbocycles. The molecule has 1 N–H and O–H groups in total. The Morgan fingerprint density at radius 3 is 1.95 bits per heavy atom. The molecule has 0 spiro atoms. The highest BCUT2D eigenvalue weighted by Crippen LogP contribution is 2.25. The third kappa shape index (κ3) is 3.29. The Morgan fingerprint density at radius 1 is 1.05 bits per heavy atom. The number of nitro benzene ring substituents is 1. The first-order valence-corrected chi connectivity index (χ1v) is 5.76. The van der Waals surface area contributed by atoms with Crippen LogP contribution in [-0.4, -0.2) is 10.0 Å². The van der Waals surface area contributed by atoms with Gasteiger partial charge in [-0.3, -0.25) is 10.1 Å². The summed E-state index contributed by atoms with van der Waals surface area (Å²) >= 11 is 0. The lowest BCUT2D eigenvalue weighted by Gasteiger charge is -2.08. The second-order valence-corrected chi connectivity index (χ2v) is 4.10. The summed E-state index contributed by atoms with van der Waals surface area (Å²) < 4.78 is 5.54. The van der Waals surface area contributed by atoms with Crippen molar-refractivity contribution in [1.29, 1.82) is 0 Å². The third-order valence-corrected chi connectivity index (χ3v) is 2.65. The number of ether oxygens (including phenoxy) is 1. The molecule has 98 valence electrons. The molecule has 0 fully saturated rings. The van der Waals surface area contributed by atoms with Crippen LogP contribution in [-0.2, 0) is 0 Å². The molecular weight excluding hydrogens is 246 g/mol. The number of hydrogen-bond acceptors (Lipinski definition) is 4. The maximum absolute atomic E-state index is 10.5. The Kier molecular flexibility index (Phi) is 3.77. The summed E-state index contributed by atoms with van der Waals surface area (Å²) in [5.74, 6) is 1.13. The monoisotopic (exact) mass is 259 g/mol. The fraction of sp³-hybridized carbons (Fsp3) is 0.143. The standard InChI is InChI=1S/C14H13NO4/c1-10(16)11-2-6-13(7-3-11)19-14-8-4-12(5-9-14)15(17)18/h2-10,16H,1H3. The highest BCUT2D eigenvalue weighted by Gasteiger charge is 2.05. The van der Waals surface area contributed by atoms with Crippen LogP contribution >= 0.6 is 0 Å². The highest BCUT2D eigenvalue weighted by molar-refractivity contribution is 5.39. The molecule has 0 saturated carbocycles. The lowest BCUT2D eigenvalue weighted by molar-refractivity contribution is -0.384. The Hall–Kier alpha value is -2.40. The molecule has 2 rings (SSSR count). The maximum Gasteiger partial charge on any atom is 0.269 e. The van der Waals surface area contributed by atoms with Crippen molar-refractivity contribution in [3.05, 3.63) is 64.2 Å². The van der Waals surface area contributed by atoms with Crippen LogP contribution in [0, 0.1) is 10.1 Å². The van der Waals surface area contributed by atoms with Crippen LogP contribution in [0.3, 0.4) is 0 Å². The summed E-state index contributed by atoms with van der Waals surface area (Å²) in [7, 11) is 0. The van der Waals surface area contributed by atoms with Gasteiger partial charge in [0.15, 0.2) is 0 Å². The zero-order chi connectivity index (χ0) is 13.8. The quantitative estimate of drug-likeness (QED) is 0.674. The van der Waals surface area contributed by atoms with Gasteiger partial charge in [0.25, 0.3) is 5.69 Å². The van der Waals surface area contributed by atoms with Crippen molar-refractivity contribution < 1.29 is 14.8 Å². The molecule has 0 aromatic heterocycles. The minimum atomic E-state index is -0.520. The first-order valence-electron chi connectivity index (χ1n) is 5.76. The molecule has 5 heteroatoms. The zero-order valence-electron chi connectivity index (χ0n) is 10.3. The van der Waals surface area contributed by atoms with Crippen LogP contribution in [0.5, 0.6) is 11.5 Å². The van der Waals surface area contributed by atoms with E-state index in [0.717, 1.165) is 5.56 Å². The van der Waals surface area contributed by atoms with Gasteiger partial charge in [0.1, 0.15) is 11.5 Å². The summed E-state index contributed by atoms with van der Waals surface area (Å²) in [6.07, 6.45) is -0.520. The second-order valence-electron chi connectivity index (χ2n) is 4.10. The van der Waals surface area contributed by atoms with E-state index in [2.05, 4.69) is 0 Å². The van der Waals surface area contributed by atoms with Crippen LogP contribution in [0.15, 0.2) is 48.5 Å². The van der Waals surface area contributed by atoms with E-state index in [4.69, 9.17) is 4.74 Å². The van der Waals surface area contributed by atoms with Gasteiger partial charge in [-0.05, 0) is 36.8 Å². The zero-order valence-corrected chi connectivity index (χ0v) is 10.3. The molecule has 0 radical (unpaired) electrons. The molecule has 1 atom stereocenters. The van der Waals surface area contributed by atoms with E-state index < -0.39 is 11.0 Å². The Labute approximate surface area is 110 Å². The molecule has 0 aliphatic carbocycles. The van der Waals surface area contributed by atoms with Gasteiger partial charge in [-0.1, -0.05) is 12.1 Å². The predicted molar refractivity (Wildman–Crippen MR) is 70.2 cm³/mol. The Bertz CT molecular complexity index is 561. The average molecular weight is 259 g/mol. The van der Waals surface area contributed by atoms with Crippen molar-refractivity contribution in [2.75, 3.05) is 0 Å². The smallest absolute Gasteiger partial charge is 0.269 e. The van der Waals surface area contributed by atoms with Gasteiger partial charge < -0.3 is 9.84 Å². The van der Waals surface area contributed by atoms with Crippen LogP contribution < -0.4 is 4.74 Å². The van der Waals surface area contributed by atoms with E-state index in [1.165, 1.54) is 12.1 Å². The average Bonchev–Trinajstić information content (AvgIpc) is 2.40. The lowest BCUT2D eigenvalue weighted by atomic mass is 10.1. The fourth-order valence-corrected chi connectivity index (χ4v) is 1.59. The maximum atomic E-state index is 10.5. The number of non-ortho nitro benzene ring substituents is 1. The van der Waals surface area contributed by atoms with E-state index in [1.54, 1.807) is 43.3 Å². The number of nitrogens with zero attached hydrogens (tertiary/aromatic N) is 1. The van der Waals surface area contributed by atoms with E-state index in [1.807, 2.05) is 0 Å². The number of hydrogen-bond donors (Lipinski definition) is 1. The molecule has 0 aliphatic rings. The molecule has 0 saturated heterocycles. The SMILES string of the molecule is CC(O)c1ccc(Oc2ccc([N+](=O)[O-])cc2)cc1. The Morgan fingerprint density at radius 2 is 1.53 bits per heavy atom. The van der Waals surface area contributed by atoms with Crippen LogP contribution in [0.4, 0.5) is 5.69 Å². The van der Waals surface area contributed by atoms with Gasteiger partial charge in [-0.2, -0.15) is 0 Å². The van der Waals surface area contributed by atoms with Gasteiger partial charge in [-0.15, -0.1) is 0 Å². The minimum absolute atomic E-state index is 0.0248. The van der Waals surface area contributed by atoms with Crippen molar-refractivity contribution in [2.24, 2.45) is 0 Å². The first kappa shape index (κ1) is 13.0. The molecule has 0 heterocycles. The largest absolute Gasteiger partial charge is 0.457 e. The van der Waals surface area contributed by atoms with Crippen LogP contribution in [0.1, 0.15) is 18.6 Å². The van der Waals surface area contributed by atoms with Gasteiger partial charge in [0.2, 0.25) is 0 Å². The summed E-state index contributed by atoms with van der Waals surface area (Å²) in [5, 5.41) is 19.9. The van der Waals surface area contributed by atoms with Gasteiger partial charge in [0.05, 0.1) is 11.0 Å². The Balaban J connectivity index is 2.10. The van der Waals surface area contributed by atoms with E-state index in [0.29, 0.717) is 11.5 Å². The van der Waals surface area contributed by atoms with Crippen molar-refractivity contribution in [2.45, 2.75) is 13.0 Å². The molecule has 1 unspecified atom stereocenters. The third-order valence-electron chi connectivity index (χ3n) is 2.65. The number of rotatable bonds is 4. The molecule has 5 nitrogen and oxygen atoms in total. The molecule has 0 bridgehead atoms. The lowest BCUT2D eigenvalue weighted by Crippen LogP contribution is -1.91. The van der Waals surface area contributed by atoms with Crippen molar-refractivity contribution in [3.8, 4) is 11.5 Å².